The Morgan fingerprint density at radius 1 is 1.07 bits per heavy atom. The van der Waals surface area contributed by atoms with Gasteiger partial charge in [-0.2, -0.15) is 0 Å². The van der Waals surface area contributed by atoms with E-state index >= 15 is 0 Å². The average Bonchev–Trinajstić information content (AvgIpc) is 2.76. The predicted octanol–water partition coefficient (Wildman–Crippen LogP) is -0.873. The molecule has 1 fully saturated rings. The van der Waals surface area contributed by atoms with Gasteiger partial charge in [-0.05, 0) is 19.8 Å². The fraction of sp³-hybridized carbons (Fsp3) is 1.00. The lowest BCUT2D eigenvalue weighted by Crippen LogP contribution is -2.15. The summed E-state index contributed by atoms with van der Waals surface area (Å²) in [6.45, 7) is 3.20. The largest absolute Gasteiger partial charge is 0.397 e. The maximum absolute atomic E-state index is 8.17. The van der Waals surface area contributed by atoms with Gasteiger partial charge >= 0.3 is 0 Å². The first-order chi connectivity index (χ1) is 6.72. The Labute approximate surface area is 85.0 Å². The van der Waals surface area contributed by atoms with Crippen LogP contribution in [-0.4, -0.2) is 59.6 Å². The Morgan fingerprint density at radius 3 is 1.50 bits per heavy atom. The summed E-state index contributed by atoms with van der Waals surface area (Å²) < 4.78 is 4.94. The maximum atomic E-state index is 8.17. The van der Waals surface area contributed by atoms with E-state index in [1.54, 1.807) is 6.92 Å². The van der Waals surface area contributed by atoms with Gasteiger partial charge in [0.15, 0.2) is 0 Å². The molecular formula is C9H22O5. The highest BCUT2D eigenvalue weighted by Gasteiger charge is 1.94. The minimum atomic E-state index is -0.954. The fourth-order valence-electron chi connectivity index (χ4n) is 0.568. The second-order valence-electron chi connectivity index (χ2n) is 2.65. The van der Waals surface area contributed by atoms with E-state index in [2.05, 4.69) is 0 Å². The molecule has 1 saturated heterocycles. The number of ether oxygens (including phenoxy) is 1. The summed E-state index contributed by atoms with van der Waals surface area (Å²) >= 11 is 0. The van der Waals surface area contributed by atoms with Crippen molar-refractivity contribution in [1.82, 2.24) is 0 Å². The van der Waals surface area contributed by atoms with Gasteiger partial charge in [-0.25, -0.2) is 0 Å². The summed E-state index contributed by atoms with van der Waals surface area (Å²) in [6.07, 6.45) is 1.60. The minimum Gasteiger partial charge on any atom is -0.397 e. The molecule has 1 heterocycles. The van der Waals surface area contributed by atoms with Crippen LogP contribution >= 0.6 is 0 Å². The Balaban J connectivity index is 0. The first kappa shape index (κ1) is 16.2. The standard InChI is InChI=1S/C4H8O.C3H8O3.C2H6O/c1-2-4-5-3-1;4-1-3(6)2-5;1-2-3/h1-4H2;3-6H,1-2H2;3H,2H2,1H3. The molecule has 88 valence electrons. The van der Waals surface area contributed by atoms with Crippen LogP contribution in [0.5, 0.6) is 0 Å². The van der Waals surface area contributed by atoms with E-state index in [-0.39, 0.29) is 19.8 Å². The summed E-state index contributed by atoms with van der Waals surface area (Å²) in [5, 5.41) is 31.6. The topological polar surface area (TPSA) is 90.2 Å². The molecule has 0 saturated carbocycles. The molecule has 0 radical (unpaired) electrons. The lowest BCUT2D eigenvalue weighted by Gasteiger charge is -1.96. The van der Waals surface area contributed by atoms with Gasteiger partial charge in [-0.3, -0.25) is 0 Å². The van der Waals surface area contributed by atoms with E-state index in [1.807, 2.05) is 0 Å². The number of rotatable bonds is 2. The molecule has 14 heavy (non-hydrogen) atoms. The Bertz CT molecular complexity index is 73.7. The van der Waals surface area contributed by atoms with Crippen molar-refractivity contribution >= 4 is 0 Å². The Morgan fingerprint density at radius 2 is 1.43 bits per heavy atom. The third-order valence-corrected chi connectivity index (χ3v) is 1.25. The molecule has 0 amide bonds. The second-order valence-corrected chi connectivity index (χ2v) is 2.65. The first-order valence-electron chi connectivity index (χ1n) is 4.81. The minimum absolute atomic E-state index is 0.250. The van der Waals surface area contributed by atoms with Gasteiger partial charge in [0.2, 0.25) is 0 Å². The summed E-state index contributed by atoms with van der Waals surface area (Å²) in [5.41, 5.74) is 0. The predicted molar refractivity (Wildman–Crippen MR) is 53.0 cm³/mol. The molecule has 1 aliphatic rings. The van der Waals surface area contributed by atoms with Gasteiger partial charge in [-0.15, -0.1) is 0 Å². The zero-order valence-corrected chi connectivity index (χ0v) is 8.72. The lowest BCUT2D eigenvalue weighted by atomic mass is 10.4. The van der Waals surface area contributed by atoms with E-state index in [0.717, 1.165) is 13.2 Å². The third-order valence-electron chi connectivity index (χ3n) is 1.25. The van der Waals surface area contributed by atoms with E-state index < -0.39 is 6.10 Å². The van der Waals surface area contributed by atoms with Crippen molar-refractivity contribution in [2.75, 3.05) is 33.0 Å². The van der Waals surface area contributed by atoms with Crippen molar-refractivity contribution < 1.29 is 25.2 Å². The average molecular weight is 210 g/mol. The summed E-state index contributed by atoms with van der Waals surface area (Å²) in [7, 11) is 0. The van der Waals surface area contributed by atoms with E-state index in [1.165, 1.54) is 12.8 Å². The maximum Gasteiger partial charge on any atom is 0.100 e. The smallest absolute Gasteiger partial charge is 0.100 e. The fourth-order valence-corrected chi connectivity index (χ4v) is 0.568. The van der Waals surface area contributed by atoms with Gasteiger partial charge in [0.05, 0.1) is 13.2 Å². The number of hydrogen-bond acceptors (Lipinski definition) is 5. The van der Waals surface area contributed by atoms with Crippen molar-refractivity contribution in [1.29, 1.82) is 0 Å². The van der Waals surface area contributed by atoms with Crippen molar-refractivity contribution in [2.45, 2.75) is 25.9 Å². The van der Waals surface area contributed by atoms with Crippen LogP contribution in [0.15, 0.2) is 0 Å². The molecule has 0 aromatic heterocycles. The summed E-state index contributed by atoms with van der Waals surface area (Å²) in [6, 6.07) is 0. The van der Waals surface area contributed by atoms with Crippen molar-refractivity contribution in [3.63, 3.8) is 0 Å². The highest BCUT2D eigenvalue weighted by atomic mass is 16.5. The molecule has 0 unspecified atom stereocenters. The number of hydrogen-bond donors (Lipinski definition) is 4. The molecule has 0 aromatic rings. The molecular weight excluding hydrogens is 188 g/mol. The van der Waals surface area contributed by atoms with Crippen LogP contribution in [0.2, 0.25) is 0 Å². The van der Waals surface area contributed by atoms with Crippen LogP contribution < -0.4 is 0 Å². The molecule has 0 bridgehead atoms. The van der Waals surface area contributed by atoms with Crippen LogP contribution in [0.4, 0.5) is 0 Å². The van der Waals surface area contributed by atoms with Crippen LogP contribution in [0.1, 0.15) is 19.8 Å². The highest BCUT2D eigenvalue weighted by Crippen LogP contribution is 1.98. The quantitative estimate of drug-likeness (QED) is 0.475. The van der Waals surface area contributed by atoms with Crippen LogP contribution in [0.25, 0.3) is 0 Å². The van der Waals surface area contributed by atoms with E-state index in [9.17, 15) is 0 Å². The van der Waals surface area contributed by atoms with Gasteiger partial charge in [0.25, 0.3) is 0 Å². The third kappa shape index (κ3) is 17.8. The second kappa shape index (κ2) is 15.3. The van der Waals surface area contributed by atoms with Crippen molar-refractivity contribution in [3.8, 4) is 0 Å². The molecule has 4 N–H and O–H groups in total. The first-order valence-corrected chi connectivity index (χ1v) is 4.81. The van der Waals surface area contributed by atoms with Gasteiger partial charge in [0.1, 0.15) is 6.10 Å². The van der Waals surface area contributed by atoms with Crippen molar-refractivity contribution in [2.24, 2.45) is 0 Å². The lowest BCUT2D eigenvalue weighted by molar-refractivity contribution is 0.0450. The van der Waals surface area contributed by atoms with Gasteiger partial charge in [0, 0.05) is 19.8 Å². The normalized spacial score (nSPS) is 14.1. The van der Waals surface area contributed by atoms with Crippen LogP contribution in [0.3, 0.4) is 0 Å². The van der Waals surface area contributed by atoms with Gasteiger partial charge in [-0.1, -0.05) is 0 Å². The molecule has 1 aliphatic heterocycles. The van der Waals surface area contributed by atoms with Gasteiger partial charge < -0.3 is 25.2 Å². The number of aliphatic hydroxyl groups is 4. The van der Waals surface area contributed by atoms with Crippen molar-refractivity contribution in [3.05, 3.63) is 0 Å². The SMILES string of the molecule is C1CCOC1.CCO.OCC(O)CO. The zero-order chi connectivity index (χ0) is 11.2. The molecule has 0 atom stereocenters. The highest BCUT2D eigenvalue weighted by molar-refractivity contribution is 4.44. The summed E-state index contributed by atoms with van der Waals surface area (Å²) in [4.78, 5) is 0. The molecule has 1 rings (SSSR count). The molecule has 0 aromatic carbocycles. The zero-order valence-electron chi connectivity index (χ0n) is 8.72. The monoisotopic (exact) mass is 210 g/mol. The molecule has 0 spiro atoms. The molecule has 5 nitrogen and oxygen atoms in total. The summed E-state index contributed by atoms with van der Waals surface area (Å²) in [5.74, 6) is 0. The number of aliphatic hydroxyl groups excluding tert-OH is 4. The Kier molecular flexibility index (Phi) is 17.7. The van der Waals surface area contributed by atoms with Crippen LogP contribution in [0, 0.1) is 0 Å². The van der Waals surface area contributed by atoms with Crippen LogP contribution in [-0.2, 0) is 4.74 Å². The molecule has 5 heteroatoms. The molecule has 0 aliphatic carbocycles. The van der Waals surface area contributed by atoms with E-state index in [4.69, 9.17) is 25.2 Å². The van der Waals surface area contributed by atoms with E-state index in [0.29, 0.717) is 0 Å². The Hall–Kier alpha value is -0.200.